The molecule has 0 amide bonds. The summed E-state index contributed by atoms with van der Waals surface area (Å²) < 4.78 is 40.9. The van der Waals surface area contributed by atoms with Crippen LogP contribution in [0.25, 0.3) is 10.2 Å². The van der Waals surface area contributed by atoms with Crippen LogP contribution in [0.3, 0.4) is 0 Å². The third-order valence-electron chi connectivity index (χ3n) is 6.27. The zero-order valence-corrected chi connectivity index (χ0v) is 19.0. The van der Waals surface area contributed by atoms with E-state index in [0.29, 0.717) is 24.4 Å². The van der Waals surface area contributed by atoms with Crippen LogP contribution in [0, 0.1) is 0 Å². The predicted octanol–water partition coefficient (Wildman–Crippen LogP) is 4.65. The third-order valence-corrected chi connectivity index (χ3v) is 7.36. The van der Waals surface area contributed by atoms with Gasteiger partial charge in [-0.1, -0.05) is 13.3 Å². The summed E-state index contributed by atoms with van der Waals surface area (Å²) in [5, 5.41) is 8.22. The molecular formula is C21H26F3N7S. The molecule has 1 atom stereocenters. The summed E-state index contributed by atoms with van der Waals surface area (Å²) in [6.45, 7) is 6.09. The maximum Gasteiger partial charge on any atom is 0.451 e. The number of hydrogen-bond donors (Lipinski definition) is 0. The van der Waals surface area contributed by atoms with Crippen molar-refractivity contribution in [2.45, 2.75) is 71.3 Å². The number of fused-ring (bicyclic) bond motifs is 2. The van der Waals surface area contributed by atoms with Gasteiger partial charge in [0.15, 0.2) is 5.82 Å². The maximum absolute atomic E-state index is 13.2. The Morgan fingerprint density at radius 1 is 1.12 bits per heavy atom. The van der Waals surface area contributed by atoms with Crippen molar-refractivity contribution in [2.24, 2.45) is 0 Å². The number of nitrogens with zero attached hydrogens (tertiary/aromatic N) is 7. The molecule has 11 heteroatoms. The average molecular weight is 466 g/mol. The molecule has 3 aromatic heterocycles. The minimum absolute atomic E-state index is 0.171. The molecule has 5 rings (SSSR count). The van der Waals surface area contributed by atoms with Gasteiger partial charge >= 0.3 is 6.18 Å². The number of rotatable bonds is 4. The van der Waals surface area contributed by atoms with Gasteiger partial charge in [-0.05, 0) is 38.7 Å². The van der Waals surface area contributed by atoms with Gasteiger partial charge in [-0.3, -0.25) is 0 Å². The second-order valence-electron chi connectivity index (χ2n) is 8.58. The van der Waals surface area contributed by atoms with Gasteiger partial charge in [-0.2, -0.15) is 18.2 Å². The van der Waals surface area contributed by atoms with Crippen LogP contribution < -0.4 is 9.80 Å². The van der Waals surface area contributed by atoms with E-state index < -0.39 is 12.0 Å². The van der Waals surface area contributed by atoms with Crippen LogP contribution in [-0.4, -0.2) is 43.9 Å². The first-order valence-corrected chi connectivity index (χ1v) is 12.0. The number of anilines is 2. The Kier molecular flexibility index (Phi) is 5.47. The topological polar surface area (TPSA) is 63.0 Å². The van der Waals surface area contributed by atoms with E-state index in [0.717, 1.165) is 48.3 Å². The minimum atomic E-state index is -4.50. The number of halogens is 3. The highest BCUT2D eigenvalue weighted by atomic mass is 32.1. The van der Waals surface area contributed by atoms with Gasteiger partial charge in [0.05, 0.1) is 11.9 Å². The molecule has 2 aliphatic heterocycles. The third kappa shape index (κ3) is 3.80. The van der Waals surface area contributed by atoms with Crippen LogP contribution in [-0.2, 0) is 25.7 Å². The van der Waals surface area contributed by atoms with Crippen LogP contribution in [0.5, 0.6) is 0 Å². The van der Waals surface area contributed by atoms with Crippen LogP contribution in [0.2, 0.25) is 0 Å². The molecule has 0 radical (unpaired) electrons. The lowest BCUT2D eigenvalue weighted by Gasteiger charge is -2.35. The number of thiophene rings is 1. The van der Waals surface area contributed by atoms with Gasteiger partial charge in [0.1, 0.15) is 10.6 Å². The number of hydrogen-bond acceptors (Lipinski definition) is 7. The number of alkyl halides is 3. The Balaban J connectivity index is 1.55. The molecule has 7 nitrogen and oxygen atoms in total. The fraction of sp³-hybridized carbons (Fsp3) is 0.619. The second kappa shape index (κ2) is 8.17. The SMILES string of the molecule is CCCc1cc2c(N3CCn4c(nnc4C(F)(F)F)C3)nc(N3CCCCC3C)nc2s1. The molecule has 172 valence electrons. The Morgan fingerprint density at radius 2 is 1.97 bits per heavy atom. The Labute approximate surface area is 188 Å². The van der Waals surface area contributed by atoms with Crippen molar-refractivity contribution in [1.29, 1.82) is 0 Å². The van der Waals surface area contributed by atoms with E-state index in [1.165, 1.54) is 15.9 Å². The molecule has 0 aromatic carbocycles. The largest absolute Gasteiger partial charge is 0.451 e. The summed E-state index contributed by atoms with van der Waals surface area (Å²) in [5.74, 6) is 0.882. The molecule has 5 heterocycles. The molecule has 0 N–H and O–H groups in total. The van der Waals surface area contributed by atoms with Gasteiger partial charge in [0.2, 0.25) is 11.8 Å². The van der Waals surface area contributed by atoms with Crippen molar-refractivity contribution in [2.75, 3.05) is 22.9 Å². The molecule has 1 saturated heterocycles. The zero-order chi connectivity index (χ0) is 22.5. The van der Waals surface area contributed by atoms with Crippen molar-refractivity contribution in [3.8, 4) is 0 Å². The zero-order valence-electron chi connectivity index (χ0n) is 18.2. The molecule has 0 spiro atoms. The minimum Gasteiger partial charge on any atom is -0.347 e. The molecule has 0 bridgehead atoms. The quantitative estimate of drug-likeness (QED) is 0.559. The van der Waals surface area contributed by atoms with E-state index in [4.69, 9.17) is 9.97 Å². The first-order chi connectivity index (χ1) is 15.3. The van der Waals surface area contributed by atoms with E-state index in [-0.39, 0.29) is 13.1 Å². The fourth-order valence-electron chi connectivity index (χ4n) is 4.63. The van der Waals surface area contributed by atoms with Crippen molar-refractivity contribution < 1.29 is 13.2 Å². The van der Waals surface area contributed by atoms with Gasteiger partial charge in [-0.25, -0.2) is 4.98 Å². The van der Waals surface area contributed by atoms with Crippen LogP contribution in [0.4, 0.5) is 24.9 Å². The van der Waals surface area contributed by atoms with Gasteiger partial charge < -0.3 is 14.4 Å². The van der Waals surface area contributed by atoms with Crippen LogP contribution in [0.1, 0.15) is 56.1 Å². The van der Waals surface area contributed by atoms with E-state index in [1.807, 2.05) is 4.90 Å². The van der Waals surface area contributed by atoms with E-state index >= 15 is 0 Å². The number of aromatic nitrogens is 5. The molecular weight excluding hydrogens is 439 g/mol. The van der Waals surface area contributed by atoms with Crippen molar-refractivity contribution in [1.82, 2.24) is 24.7 Å². The van der Waals surface area contributed by atoms with Crippen LogP contribution in [0.15, 0.2) is 6.07 Å². The van der Waals surface area contributed by atoms with E-state index in [9.17, 15) is 13.2 Å². The molecule has 1 fully saturated rings. The number of piperidine rings is 1. The highest BCUT2D eigenvalue weighted by Gasteiger charge is 2.40. The molecule has 0 aliphatic carbocycles. The molecule has 3 aromatic rings. The smallest absolute Gasteiger partial charge is 0.347 e. The molecule has 2 aliphatic rings. The molecule has 1 unspecified atom stereocenters. The van der Waals surface area contributed by atoms with Gasteiger partial charge in [-0.15, -0.1) is 21.5 Å². The van der Waals surface area contributed by atoms with Crippen molar-refractivity contribution >= 4 is 33.3 Å². The second-order valence-corrected chi connectivity index (χ2v) is 9.69. The summed E-state index contributed by atoms with van der Waals surface area (Å²) in [7, 11) is 0. The predicted molar refractivity (Wildman–Crippen MR) is 118 cm³/mol. The maximum atomic E-state index is 13.2. The lowest BCUT2D eigenvalue weighted by atomic mass is 10.0. The summed E-state index contributed by atoms with van der Waals surface area (Å²) >= 11 is 1.69. The Morgan fingerprint density at radius 3 is 2.72 bits per heavy atom. The lowest BCUT2D eigenvalue weighted by Crippen LogP contribution is -2.39. The summed E-state index contributed by atoms with van der Waals surface area (Å²) in [5.41, 5.74) is 0. The standard InChI is InChI=1S/C21H26F3N7S/c1-3-6-14-11-15-17(25-20(26-18(15)32-14)30-8-5-4-7-13(30)2)29-9-10-31-16(12-29)27-28-19(31)21(22,23)24/h11,13H,3-10,12H2,1-2H3. The first-order valence-electron chi connectivity index (χ1n) is 11.2. The average Bonchev–Trinajstić information content (AvgIpc) is 3.36. The fourth-order valence-corrected chi connectivity index (χ4v) is 5.75. The van der Waals surface area contributed by atoms with Crippen molar-refractivity contribution in [3.63, 3.8) is 0 Å². The van der Waals surface area contributed by atoms with Crippen LogP contribution >= 0.6 is 11.3 Å². The normalized spacial score (nSPS) is 19.6. The monoisotopic (exact) mass is 465 g/mol. The Hall–Kier alpha value is -2.43. The van der Waals surface area contributed by atoms with Gasteiger partial charge in [0.25, 0.3) is 0 Å². The summed E-state index contributed by atoms with van der Waals surface area (Å²) in [6, 6.07) is 2.51. The van der Waals surface area contributed by atoms with Gasteiger partial charge in [0, 0.05) is 30.6 Å². The van der Waals surface area contributed by atoms with Crippen molar-refractivity contribution in [3.05, 3.63) is 22.6 Å². The Bertz CT molecular complexity index is 1120. The first kappa shape index (κ1) is 21.4. The number of aryl methyl sites for hydroxylation is 1. The van der Waals surface area contributed by atoms with E-state index in [1.54, 1.807) is 11.3 Å². The van der Waals surface area contributed by atoms with E-state index in [2.05, 4.69) is 35.0 Å². The molecule has 0 saturated carbocycles. The highest BCUT2D eigenvalue weighted by molar-refractivity contribution is 7.18. The highest BCUT2D eigenvalue weighted by Crippen LogP contribution is 2.37. The summed E-state index contributed by atoms with van der Waals surface area (Å²) in [6.07, 6.45) is 0.929. The lowest BCUT2D eigenvalue weighted by molar-refractivity contribution is -0.147. The summed E-state index contributed by atoms with van der Waals surface area (Å²) in [4.78, 5) is 16.4. The molecule has 32 heavy (non-hydrogen) atoms.